The third-order valence-corrected chi connectivity index (χ3v) is 3.34. The maximum Gasteiger partial charge on any atom is 0.193 e. The van der Waals surface area contributed by atoms with Gasteiger partial charge in [0.1, 0.15) is 0 Å². The molecular weight excluding hydrogens is 236 g/mol. The smallest absolute Gasteiger partial charge is 0.193 e. The number of nitrogens with zero attached hydrogens (tertiary/aromatic N) is 2. The molecule has 0 aliphatic carbocycles. The first-order chi connectivity index (χ1) is 9.08. The van der Waals surface area contributed by atoms with Gasteiger partial charge in [-0.3, -0.25) is 9.69 Å². The Balaban J connectivity index is 1.99. The van der Waals surface area contributed by atoms with Crippen molar-refractivity contribution in [3.05, 3.63) is 59.4 Å². The highest BCUT2D eigenvalue weighted by atomic mass is 16.1. The second kappa shape index (κ2) is 5.85. The Morgan fingerprint density at radius 1 is 1.21 bits per heavy atom. The summed E-state index contributed by atoms with van der Waals surface area (Å²) in [7, 11) is 3.88. The van der Waals surface area contributed by atoms with E-state index in [1.165, 1.54) is 11.1 Å². The summed E-state index contributed by atoms with van der Waals surface area (Å²) < 4.78 is 1.87. The summed E-state index contributed by atoms with van der Waals surface area (Å²) >= 11 is 0. The van der Waals surface area contributed by atoms with Crippen LogP contribution >= 0.6 is 0 Å². The van der Waals surface area contributed by atoms with Crippen LogP contribution in [0.1, 0.15) is 21.6 Å². The molecule has 1 heterocycles. The summed E-state index contributed by atoms with van der Waals surface area (Å²) in [6.07, 6.45) is 1.90. The van der Waals surface area contributed by atoms with Gasteiger partial charge in [0, 0.05) is 19.8 Å². The Morgan fingerprint density at radius 2 is 1.95 bits per heavy atom. The van der Waals surface area contributed by atoms with E-state index in [2.05, 4.69) is 24.0 Å². The van der Waals surface area contributed by atoms with E-state index < -0.39 is 0 Å². The largest absolute Gasteiger partial charge is 0.348 e. The molecule has 1 aromatic heterocycles. The fraction of sp³-hybridized carbons (Fsp3) is 0.312. The molecular formula is C16H20N2O. The van der Waals surface area contributed by atoms with Crippen molar-refractivity contribution in [2.75, 3.05) is 13.6 Å². The molecule has 0 unspecified atom stereocenters. The topological polar surface area (TPSA) is 25.2 Å². The quantitative estimate of drug-likeness (QED) is 0.768. The molecule has 0 aliphatic heterocycles. The number of carbonyl (C=O) groups is 1. The molecule has 0 spiro atoms. The van der Waals surface area contributed by atoms with Gasteiger partial charge in [-0.2, -0.15) is 0 Å². The van der Waals surface area contributed by atoms with Crippen LogP contribution in [0.15, 0.2) is 42.6 Å². The average molecular weight is 256 g/mol. The summed E-state index contributed by atoms with van der Waals surface area (Å²) in [5.41, 5.74) is 3.29. The second-order valence-electron chi connectivity index (χ2n) is 5.03. The molecule has 0 fully saturated rings. The minimum absolute atomic E-state index is 0.156. The average Bonchev–Trinajstić information content (AvgIpc) is 2.78. The lowest BCUT2D eigenvalue weighted by atomic mass is 10.1. The Bertz CT molecular complexity index is 572. The van der Waals surface area contributed by atoms with E-state index >= 15 is 0 Å². The molecule has 0 saturated carbocycles. The van der Waals surface area contributed by atoms with Crippen molar-refractivity contribution in [3.63, 3.8) is 0 Å². The molecule has 0 N–H and O–H groups in total. The lowest BCUT2D eigenvalue weighted by Crippen LogP contribution is -2.27. The molecule has 0 aliphatic rings. The standard InChI is InChI=1S/C16H20N2O/c1-13-7-4-5-8-14(13)11-17(2)12-16(19)15-9-6-10-18(15)3/h4-10H,11-12H2,1-3H3. The van der Waals surface area contributed by atoms with E-state index in [-0.39, 0.29) is 5.78 Å². The van der Waals surface area contributed by atoms with Crippen LogP contribution in [0.25, 0.3) is 0 Å². The number of hydrogen-bond acceptors (Lipinski definition) is 2. The van der Waals surface area contributed by atoms with Crippen molar-refractivity contribution in [2.45, 2.75) is 13.5 Å². The molecule has 0 radical (unpaired) electrons. The van der Waals surface area contributed by atoms with Crippen LogP contribution in [0, 0.1) is 6.92 Å². The van der Waals surface area contributed by atoms with Crippen LogP contribution < -0.4 is 0 Å². The van der Waals surface area contributed by atoms with Gasteiger partial charge in [-0.25, -0.2) is 0 Å². The third-order valence-electron chi connectivity index (χ3n) is 3.34. The third kappa shape index (κ3) is 3.32. The fourth-order valence-electron chi connectivity index (χ4n) is 2.21. The van der Waals surface area contributed by atoms with Gasteiger partial charge in [-0.15, -0.1) is 0 Å². The molecule has 0 saturated heterocycles. The maximum absolute atomic E-state index is 12.1. The number of carbonyl (C=O) groups excluding carboxylic acids is 1. The number of rotatable bonds is 5. The van der Waals surface area contributed by atoms with E-state index in [1.54, 1.807) is 0 Å². The number of Topliss-reactive ketones (excluding diaryl/α,β-unsaturated/α-hetero) is 1. The van der Waals surface area contributed by atoms with Gasteiger partial charge in [-0.1, -0.05) is 24.3 Å². The van der Waals surface area contributed by atoms with E-state index in [0.29, 0.717) is 6.54 Å². The molecule has 0 atom stereocenters. The summed E-state index contributed by atoms with van der Waals surface area (Å²) in [5, 5.41) is 0. The van der Waals surface area contributed by atoms with Crippen molar-refractivity contribution < 1.29 is 4.79 Å². The van der Waals surface area contributed by atoms with E-state index in [0.717, 1.165) is 12.2 Å². The summed E-state index contributed by atoms with van der Waals surface area (Å²) in [4.78, 5) is 14.2. The number of likely N-dealkylation sites (N-methyl/N-ethyl adjacent to an activating group) is 1. The Kier molecular flexibility index (Phi) is 4.17. The number of aromatic nitrogens is 1. The number of aryl methyl sites for hydroxylation is 2. The number of benzene rings is 1. The lowest BCUT2D eigenvalue weighted by Gasteiger charge is -2.17. The molecule has 3 heteroatoms. The molecule has 0 bridgehead atoms. The highest BCUT2D eigenvalue weighted by molar-refractivity contribution is 5.96. The predicted molar refractivity (Wildman–Crippen MR) is 77.3 cm³/mol. The minimum Gasteiger partial charge on any atom is -0.348 e. The fourth-order valence-corrected chi connectivity index (χ4v) is 2.21. The SMILES string of the molecule is Cc1ccccc1CN(C)CC(=O)c1cccn1C. The zero-order valence-corrected chi connectivity index (χ0v) is 11.8. The zero-order chi connectivity index (χ0) is 13.8. The van der Waals surface area contributed by atoms with Crippen LogP contribution in [0.3, 0.4) is 0 Å². The van der Waals surface area contributed by atoms with Crippen LogP contribution in [0.2, 0.25) is 0 Å². The molecule has 100 valence electrons. The Hall–Kier alpha value is -1.87. The predicted octanol–water partition coefficient (Wildman–Crippen LogP) is 2.65. The highest BCUT2D eigenvalue weighted by Crippen LogP contribution is 2.10. The normalized spacial score (nSPS) is 10.9. The van der Waals surface area contributed by atoms with Crippen molar-refractivity contribution in [1.82, 2.24) is 9.47 Å². The molecule has 2 rings (SSSR count). The zero-order valence-electron chi connectivity index (χ0n) is 11.8. The Morgan fingerprint density at radius 3 is 2.58 bits per heavy atom. The van der Waals surface area contributed by atoms with Crippen LogP contribution in [-0.4, -0.2) is 28.8 Å². The molecule has 2 aromatic rings. The van der Waals surface area contributed by atoms with Crippen LogP contribution in [0.5, 0.6) is 0 Å². The highest BCUT2D eigenvalue weighted by Gasteiger charge is 2.12. The van der Waals surface area contributed by atoms with Crippen molar-refractivity contribution >= 4 is 5.78 Å². The first kappa shape index (κ1) is 13.6. The summed E-state index contributed by atoms with van der Waals surface area (Å²) in [6, 6.07) is 12.0. The first-order valence-corrected chi connectivity index (χ1v) is 6.45. The summed E-state index contributed by atoms with van der Waals surface area (Å²) in [5.74, 6) is 0.156. The van der Waals surface area contributed by atoms with E-state index in [1.807, 2.05) is 49.1 Å². The maximum atomic E-state index is 12.1. The minimum atomic E-state index is 0.156. The lowest BCUT2D eigenvalue weighted by molar-refractivity contribution is 0.0935. The molecule has 0 amide bonds. The molecule has 1 aromatic carbocycles. The van der Waals surface area contributed by atoms with Crippen LogP contribution in [-0.2, 0) is 13.6 Å². The monoisotopic (exact) mass is 256 g/mol. The summed E-state index contributed by atoms with van der Waals surface area (Å²) in [6.45, 7) is 3.33. The van der Waals surface area contributed by atoms with Crippen molar-refractivity contribution in [2.24, 2.45) is 7.05 Å². The van der Waals surface area contributed by atoms with E-state index in [9.17, 15) is 4.79 Å². The van der Waals surface area contributed by atoms with Gasteiger partial charge in [-0.05, 0) is 37.2 Å². The van der Waals surface area contributed by atoms with Gasteiger partial charge < -0.3 is 4.57 Å². The van der Waals surface area contributed by atoms with Gasteiger partial charge in [0.25, 0.3) is 0 Å². The first-order valence-electron chi connectivity index (χ1n) is 6.45. The molecule has 3 nitrogen and oxygen atoms in total. The van der Waals surface area contributed by atoms with Crippen LogP contribution in [0.4, 0.5) is 0 Å². The van der Waals surface area contributed by atoms with Gasteiger partial charge >= 0.3 is 0 Å². The van der Waals surface area contributed by atoms with E-state index in [4.69, 9.17) is 0 Å². The van der Waals surface area contributed by atoms with Gasteiger partial charge in [0.15, 0.2) is 5.78 Å². The number of ketones is 1. The second-order valence-corrected chi connectivity index (χ2v) is 5.03. The van der Waals surface area contributed by atoms with Crippen molar-refractivity contribution in [1.29, 1.82) is 0 Å². The number of hydrogen-bond donors (Lipinski definition) is 0. The van der Waals surface area contributed by atoms with Crippen molar-refractivity contribution in [3.8, 4) is 0 Å². The van der Waals surface area contributed by atoms with Gasteiger partial charge in [0.05, 0.1) is 12.2 Å². The van der Waals surface area contributed by atoms with Gasteiger partial charge in [0.2, 0.25) is 0 Å². The Labute approximate surface area is 114 Å². The molecule has 19 heavy (non-hydrogen) atoms.